The van der Waals surface area contributed by atoms with Crippen molar-refractivity contribution in [2.75, 3.05) is 13.7 Å². The number of nitrogens with one attached hydrogen (secondary N) is 1. The van der Waals surface area contributed by atoms with Crippen molar-refractivity contribution in [1.82, 2.24) is 10.2 Å². The standard InChI is InChI=1S/C16H19N3O5/c1-4-9-24-15(20)13-10(2)18(3)16(21)17-14(13)11-7-5-6-8-12(11)19(22)23/h5-8,14H,4,9H2,1-3H3,(H,17,21)/t14-/m1/s1. The predicted molar refractivity (Wildman–Crippen MR) is 86.1 cm³/mol. The van der Waals surface area contributed by atoms with Crippen molar-refractivity contribution in [2.45, 2.75) is 26.3 Å². The molecule has 1 aliphatic heterocycles. The molecule has 1 N–H and O–H groups in total. The summed E-state index contributed by atoms with van der Waals surface area (Å²) >= 11 is 0. The Labute approximate surface area is 139 Å². The lowest BCUT2D eigenvalue weighted by molar-refractivity contribution is -0.385. The molecular weight excluding hydrogens is 314 g/mol. The minimum Gasteiger partial charge on any atom is -0.462 e. The van der Waals surface area contributed by atoms with Gasteiger partial charge in [0.1, 0.15) is 0 Å². The number of ether oxygens (including phenoxy) is 1. The van der Waals surface area contributed by atoms with Gasteiger partial charge in [-0.15, -0.1) is 0 Å². The zero-order valence-electron chi connectivity index (χ0n) is 13.7. The van der Waals surface area contributed by atoms with Crippen LogP contribution in [-0.4, -0.2) is 35.5 Å². The van der Waals surface area contributed by atoms with Gasteiger partial charge in [0.2, 0.25) is 0 Å². The van der Waals surface area contributed by atoms with Crippen LogP contribution >= 0.6 is 0 Å². The third kappa shape index (κ3) is 3.22. The summed E-state index contributed by atoms with van der Waals surface area (Å²) in [5.41, 5.74) is 0.676. The van der Waals surface area contributed by atoms with Crippen molar-refractivity contribution >= 4 is 17.7 Å². The first-order valence-corrected chi connectivity index (χ1v) is 7.53. The van der Waals surface area contributed by atoms with Gasteiger partial charge in [-0.25, -0.2) is 9.59 Å². The summed E-state index contributed by atoms with van der Waals surface area (Å²) in [5.74, 6) is -0.593. The number of nitro groups is 1. The van der Waals surface area contributed by atoms with E-state index in [1.165, 1.54) is 30.1 Å². The Morgan fingerprint density at radius 3 is 2.71 bits per heavy atom. The van der Waals surface area contributed by atoms with Crippen LogP contribution in [-0.2, 0) is 9.53 Å². The summed E-state index contributed by atoms with van der Waals surface area (Å²) in [6, 6.07) is 4.64. The molecule has 24 heavy (non-hydrogen) atoms. The molecule has 0 fully saturated rings. The Morgan fingerprint density at radius 2 is 2.08 bits per heavy atom. The molecule has 1 heterocycles. The summed E-state index contributed by atoms with van der Waals surface area (Å²) in [6.07, 6.45) is 0.649. The van der Waals surface area contributed by atoms with Crippen molar-refractivity contribution in [3.05, 3.63) is 51.2 Å². The molecule has 0 aliphatic carbocycles. The van der Waals surface area contributed by atoms with E-state index in [4.69, 9.17) is 4.74 Å². The average Bonchev–Trinajstić information content (AvgIpc) is 2.57. The lowest BCUT2D eigenvalue weighted by Crippen LogP contribution is -2.46. The number of carbonyl (C=O) groups excluding carboxylic acids is 2. The lowest BCUT2D eigenvalue weighted by Gasteiger charge is -2.33. The van der Waals surface area contributed by atoms with E-state index in [1.54, 1.807) is 13.0 Å². The number of hydrogen-bond acceptors (Lipinski definition) is 5. The quantitative estimate of drug-likeness (QED) is 0.507. The molecule has 0 saturated heterocycles. The maximum absolute atomic E-state index is 12.5. The van der Waals surface area contributed by atoms with Crippen LogP contribution in [0.15, 0.2) is 35.5 Å². The number of benzene rings is 1. The molecule has 0 spiro atoms. The van der Waals surface area contributed by atoms with Crippen molar-refractivity contribution in [2.24, 2.45) is 0 Å². The number of rotatable bonds is 5. The Hall–Kier alpha value is -2.90. The van der Waals surface area contributed by atoms with Crippen LogP contribution in [0.2, 0.25) is 0 Å². The molecule has 0 bridgehead atoms. The maximum Gasteiger partial charge on any atom is 0.338 e. The predicted octanol–water partition coefficient (Wildman–Crippen LogP) is 2.52. The second-order valence-corrected chi connectivity index (χ2v) is 5.39. The number of allylic oxidation sites excluding steroid dienone is 1. The highest BCUT2D eigenvalue weighted by Gasteiger charge is 2.37. The van der Waals surface area contributed by atoms with Gasteiger partial charge in [0.15, 0.2) is 0 Å². The lowest BCUT2D eigenvalue weighted by atomic mass is 9.94. The number of nitrogens with zero attached hydrogens (tertiary/aromatic N) is 2. The molecule has 1 aromatic rings. The van der Waals surface area contributed by atoms with E-state index in [9.17, 15) is 19.7 Å². The minimum absolute atomic E-state index is 0.166. The summed E-state index contributed by atoms with van der Waals surface area (Å²) in [5, 5.41) is 13.9. The summed E-state index contributed by atoms with van der Waals surface area (Å²) in [4.78, 5) is 36.6. The van der Waals surface area contributed by atoms with E-state index >= 15 is 0 Å². The summed E-state index contributed by atoms with van der Waals surface area (Å²) < 4.78 is 5.19. The van der Waals surface area contributed by atoms with Gasteiger partial charge in [0.05, 0.1) is 28.7 Å². The van der Waals surface area contributed by atoms with Crippen LogP contribution in [0.25, 0.3) is 0 Å². The second-order valence-electron chi connectivity index (χ2n) is 5.39. The number of amides is 2. The van der Waals surface area contributed by atoms with Crippen LogP contribution in [0.1, 0.15) is 31.9 Å². The number of para-hydroxylation sites is 1. The molecule has 0 unspecified atom stereocenters. The topological polar surface area (TPSA) is 102 Å². The molecule has 1 aromatic carbocycles. The Bertz CT molecular complexity index is 713. The SMILES string of the molecule is CCCOC(=O)C1=C(C)N(C)C(=O)N[C@@H]1c1ccccc1[N+](=O)[O-]. The number of esters is 1. The highest BCUT2D eigenvalue weighted by molar-refractivity contribution is 5.95. The van der Waals surface area contributed by atoms with Gasteiger partial charge in [0.25, 0.3) is 5.69 Å². The Kier molecular flexibility index (Phi) is 5.18. The van der Waals surface area contributed by atoms with Gasteiger partial charge in [-0.3, -0.25) is 10.1 Å². The van der Waals surface area contributed by atoms with E-state index in [1.807, 2.05) is 6.92 Å². The molecular formula is C16H19N3O5. The van der Waals surface area contributed by atoms with E-state index in [0.29, 0.717) is 12.1 Å². The minimum atomic E-state index is -0.931. The smallest absolute Gasteiger partial charge is 0.338 e. The number of nitro benzene ring substituents is 1. The number of urea groups is 1. The molecule has 2 amide bonds. The van der Waals surface area contributed by atoms with Crippen LogP contribution < -0.4 is 5.32 Å². The summed E-state index contributed by atoms with van der Waals surface area (Å²) in [6.45, 7) is 3.71. The van der Waals surface area contributed by atoms with E-state index in [0.717, 1.165) is 0 Å². The maximum atomic E-state index is 12.5. The van der Waals surface area contributed by atoms with Crippen molar-refractivity contribution in [3.63, 3.8) is 0 Å². The zero-order chi connectivity index (χ0) is 17.9. The fourth-order valence-corrected chi connectivity index (χ4v) is 2.50. The van der Waals surface area contributed by atoms with Crippen LogP contribution in [0.5, 0.6) is 0 Å². The van der Waals surface area contributed by atoms with Crippen molar-refractivity contribution < 1.29 is 19.2 Å². The van der Waals surface area contributed by atoms with Gasteiger partial charge in [-0.1, -0.05) is 19.1 Å². The highest BCUT2D eigenvalue weighted by Crippen LogP contribution is 2.35. The largest absolute Gasteiger partial charge is 0.462 e. The monoisotopic (exact) mass is 333 g/mol. The fraction of sp³-hybridized carbons (Fsp3) is 0.375. The van der Waals surface area contributed by atoms with Gasteiger partial charge >= 0.3 is 12.0 Å². The molecule has 8 nitrogen and oxygen atoms in total. The highest BCUT2D eigenvalue weighted by atomic mass is 16.6. The van der Waals surface area contributed by atoms with Crippen LogP contribution in [0.3, 0.4) is 0 Å². The van der Waals surface area contributed by atoms with Crippen molar-refractivity contribution in [1.29, 1.82) is 0 Å². The van der Waals surface area contributed by atoms with Gasteiger partial charge in [-0.05, 0) is 19.4 Å². The number of carbonyl (C=O) groups is 2. The van der Waals surface area contributed by atoms with Crippen LogP contribution in [0.4, 0.5) is 10.5 Å². The zero-order valence-corrected chi connectivity index (χ0v) is 13.7. The first-order valence-electron chi connectivity index (χ1n) is 7.53. The molecule has 0 aromatic heterocycles. The molecule has 2 rings (SSSR count). The third-order valence-electron chi connectivity index (χ3n) is 3.86. The molecule has 0 saturated carbocycles. The van der Waals surface area contributed by atoms with E-state index in [-0.39, 0.29) is 23.4 Å². The summed E-state index contributed by atoms with van der Waals surface area (Å²) in [7, 11) is 1.52. The van der Waals surface area contributed by atoms with Crippen molar-refractivity contribution in [3.8, 4) is 0 Å². The second kappa shape index (κ2) is 7.12. The van der Waals surface area contributed by atoms with E-state index < -0.39 is 23.0 Å². The van der Waals surface area contributed by atoms with Gasteiger partial charge < -0.3 is 15.0 Å². The van der Waals surface area contributed by atoms with Crippen LogP contribution in [0, 0.1) is 10.1 Å². The normalized spacial score (nSPS) is 17.5. The molecule has 1 atom stereocenters. The third-order valence-corrected chi connectivity index (χ3v) is 3.86. The Morgan fingerprint density at radius 1 is 1.42 bits per heavy atom. The molecule has 8 heteroatoms. The first-order chi connectivity index (χ1) is 11.4. The first kappa shape index (κ1) is 17.5. The van der Waals surface area contributed by atoms with E-state index in [2.05, 4.69) is 5.32 Å². The molecule has 0 radical (unpaired) electrons. The molecule has 1 aliphatic rings. The number of hydrogen-bond donors (Lipinski definition) is 1. The average molecular weight is 333 g/mol. The Balaban J connectivity index is 2.56. The molecule has 128 valence electrons. The van der Waals surface area contributed by atoms with Gasteiger partial charge in [-0.2, -0.15) is 0 Å². The van der Waals surface area contributed by atoms with Gasteiger partial charge in [0, 0.05) is 18.8 Å². The fourth-order valence-electron chi connectivity index (χ4n) is 2.50.